The van der Waals surface area contributed by atoms with Crippen molar-refractivity contribution in [3.63, 3.8) is 0 Å². The summed E-state index contributed by atoms with van der Waals surface area (Å²) in [4.78, 5) is 0. The Bertz CT molecular complexity index is 545. The summed E-state index contributed by atoms with van der Waals surface area (Å²) in [6.45, 7) is 0.0215. The van der Waals surface area contributed by atoms with Gasteiger partial charge in [0.2, 0.25) is 0 Å². The molecule has 2 aromatic rings. The standard InChI is InChI=1S/C15H16BrNO2/c1-19-14-7-3-6-13(9-14)17-15(10-18)11-4-2-5-12(16)8-11/h2-9,15,17-18H,10H2,1H3. The normalized spacial score (nSPS) is 11.9. The van der Waals surface area contributed by atoms with E-state index in [1.165, 1.54) is 0 Å². The second-order valence-electron chi connectivity index (χ2n) is 4.17. The number of hydrogen-bond acceptors (Lipinski definition) is 3. The molecule has 0 bridgehead atoms. The van der Waals surface area contributed by atoms with Gasteiger partial charge in [0.1, 0.15) is 5.75 Å². The summed E-state index contributed by atoms with van der Waals surface area (Å²) in [5.41, 5.74) is 1.94. The third-order valence-corrected chi connectivity index (χ3v) is 3.34. The number of ether oxygens (including phenoxy) is 1. The summed E-state index contributed by atoms with van der Waals surface area (Å²) in [7, 11) is 1.64. The first-order valence-corrected chi connectivity index (χ1v) is 6.79. The Morgan fingerprint density at radius 2 is 2.00 bits per heavy atom. The van der Waals surface area contributed by atoms with Gasteiger partial charge in [-0.1, -0.05) is 34.1 Å². The fourth-order valence-electron chi connectivity index (χ4n) is 1.87. The van der Waals surface area contributed by atoms with E-state index in [2.05, 4.69) is 21.2 Å². The fraction of sp³-hybridized carbons (Fsp3) is 0.200. The number of nitrogens with one attached hydrogen (secondary N) is 1. The average Bonchev–Trinajstić information content (AvgIpc) is 2.45. The van der Waals surface area contributed by atoms with E-state index in [4.69, 9.17) is 4.74 Å². The molecule has 2 N–H and O–H groups in total. The lowest BCUT2D eigenvalue weighted by Gasteiger charge is -2.18. The van der Waals surface area contributed by atoms with E-state index in [-0.39, 0.29) is 12.6 Å². The molecule has 0 spiro atoms. The first-order valence-electron chi connectivity index (χ1n) is 6.00. The Labute approximate surface area is 121 Å². The van der Waals surface area contributed by atoms with E-state index in [1.807, 2.05) is 48.5 Å². The van der Waals surface area contributed by atoms with Crippen LogP contribution < -0.4 is 10.1 Å². The number of aliphatic hydroxyl groups is 1. The van der Waals surface area contributed by atoms with Gasteiger partial charge in [0, 0.05) is 16.2 Å². The SMILES string of the molecule is COc1cccc(NC(CO)c2cccc(Br)c2)c1. The largest absolute Gasteiger partial charge is 0.497 e. The van der Waals surface area contributed by atoms with Crippen molar-refractivity contribution in [2.75, 3.05) is 19.0 Å². The summed E-state index contributed by atoms with van der Waals surface area (Å²) < 4.78 is 6.18. The third kappa shape index (κ3) is 3.72. The van der Waals surface area contributed by atoms with Gasteiger partial charge in [-0.25, -0.2) is 0 Å². The van der Waals surface area contributed by atoms with E-state index >= 15 is 0 Å². The Hall–Kier alpha value is -1.52. The molecule has 3 nitrogen and oxygen atoms in total. The zero-order chi connectivity index (χ0) is 13.7. The molecule has 0 saturated carbocycles. The quantitative estimate of drug-likeness (QED) is 0.884. The average molecular weight is 322 g/mol. The van der Waals surface area contributed by atoms with Crippen molar-refractivity contribution >= 4 is 21.6 Å². The van der Waals surface area contributed by atoms with Gasteiger partial charge >= 0.3 is 0 Å². The molecule has 1 unspecified atom stereocenters. The van der Waals surface area contributed by atoms with Crippen molar-refractivity contribution < 1.29 is 9.84 Å². The van der Waals surface area contributed by atoms with Crippen LogP contribution in [0.25, 0.3) is 0 Å². The summed E-state index contributed by atoms with van der Waals surface area (Å²) >= 11 is 3.44. The number of hydrogen-bond donors (Lipinski definition) is 2. The van der Waals surface area contributed by atoms with Crippen molar-refractivity contribution in [3.8, 4) is 5.75 Å². The number of anilines is 1. The van der Waals surface area contributed by atoms with Crippen molar-refractivity contribution in [1.29, 1.82) is 0 Å². The number of benzene rings is 2. The van der Waals surface area contributed by atoms with Crippen LogP contribution in [0.2, 0.25) is 0 Å². The Morgan fingerprint density at radius 3 is 2.68 bits per heavy atom. The molecule has 0 fully saturated rings. The highest BCUT2D eigenvalue weighted by molar-refractivity contribution is 9.10. The molecule has 19 heavy (non-hydrogen) atoms. The lowest BCUT2D eigenvalue weighted by Crippen LogP contribution is -2.14. The maximum Gasteiger partial charge on any atom is 0.120 e. The second kappa shape index (κ2) is 6.59. The minimum atomic E-state index is -0.149. The van der Waals surface area contributed by atoms with Crippen molar-refractivity contribution in [2.45, 2.75) is 6.04 Å². The van der Waals surface area contributed by atoms with Crippen molar-refractivity contribution in [3.05, 3.63) is 58.6 Å². The highest BCUT2D eigenvalue weighted by Gasteiger charge is 2.10. The molecule has 2 rings (SSSR count). The summed E-state index contributed by atoms with van der Waals surface area (Å²) in [6.07, 6.45) is 0. The maximum atomic E-state index is 9.55. The van der Waals surface area contributed by atoms with Gasteiger partial charge in [-0.3, -0.25) is 0 Å². The highest BCUT2D eigenvalue weighted by Crippen LogP contribution is 2.24. The molecule has 0 aliphatic heterocycles. The number of rotatable bonds is 5. The molecule has 0 aliphatic rings. The topological polar surface area (TPSA) is 41.5 Å². The number of methoxy groups -OCH3 is 1. The zero-order valence-corrected chi connectivity index (χ0v) is 12.2. The molecule has 0 radical (unpaired) electrons. The third-order valence-electron chi connectivity index (χ3n) is 2.84. The number of aliphatic hydroxyl groups excluding tert-OH is 1. The van der Waals surface area contributed by atoms with E-state index in [9.17, 15) is 5.11 Å². The molecule has 100 valence electrons. The molecule has 1 atom stereocenters. The van der Waals surface area contributed by atoms with Crippen LogP contribution in [-0.4, -0.2) is 18.8 Å². The van der Waals surface area contributed by atoms with E-state index in [0.717, 1.165) is 21.5 Å². The monoisotopic (exact) mass is 321 g/mol. The minimum absolute atomic E-state index is 0.0215. The van der Waals surface area contributed by atoms with Crippen LogP contribution >= 0.6 is 15.9 Å². The summed E-state index contributed by atoms with van der Waals surface area (Å²) in [5, 5.41) is 12.8. The minimum Gasteiger partial charge on any atom is -0.497 e. The fourth-order valence-corrected chi connectivity index (χ4v) is 2.29. The molecular weight excluding hydrogens is 306 g/mol. The van der Waals surface area contributed by atoms with Crippen LogP contribution in [0.4, 0.5) is 5.69 Å². The number of halogens is 1. The molecular formula is C15H16BrNO2. The predicted octanol–water partition coefficient (Wildman–Crippen LogP) is 3.60. The lowest BCUT2D eigenvalue weighted by atomic mass is 10.1. The van der Waals surface area contributed by atoms with Crippen LogP contribution in [0.3, 0.4) is 0 Å². The Balaban J connectivity index is 2.18. The Morgan fingerprint density at radius 1 is 1.21 bits per heavy atom. The van der Waals surface area contributed by atoms with Gasteiger partial charge in [0.15, 0.2) is 0 Å². The smallest absolute Gasteiger partial charge is 0.120 e. The van der Waals surface area contributed by atoms with Crippen molar-refractivity contribution in [1.82, 2.24) is 0 Å². The Kier molecular flexibility index (Phi) is 4.82. The first kappa shape index (κ1) is 13.9. The van der Waals surface area contributed by atoms with Gasteiger partial charge in [-0.15, -0.1) is 0 Å². The van der Waals surface area contributed by atoms with Gasteiger partial charge in [-0.05, 0) is 29.8 Å². The summed E-state index contributed by atoms with van der Waals surface area (Å²) in [6, 6.07) is 15.4. The summed E-state index contributed by atoms with van der Waals surface area (Å²) in [5.74, 6) is 0.788. The molecule has 0 amide bonds. The van der Waals surface area contributed by atoms with Gasteiger partial charge < -0.3 is 15.2 Å². The molecule has 0 aromatic heterocycles. The van der Waals surface area contributed by atoms with Gasteiger partial charge in [-0.2, -0.15) is 0 Å². The van der Waals surface area contributed by atoms with Crippen molar-refractivity contribution in [2.24, 2.45) is 0 Å². The highest BCUT2D eigenvalue weighted by atomic mass is 79.9. The second-order valence-corrected chi connectivity index (χ2v) is 5.08. The van der Waals surface area contributed by atoms with Crippen LogP contribution in [0.15, 0.2) is 53.0 Å². The van der Waals surface area contributed by atoms with Gasteiger partial charge in [0.05, 0.1) is 19.8 Å². The van der Waals surface area contributed by atoms with E-state index in [0.29, 0.717) is 0 Å². The van der Waals surface area contributed by atoms with Crippen LogP contribution in [-0.2, 0) is 0 Å². The molecule has 2 aromatic carbocycles. The zero-order valence-electron chi connectivity index (χ0n) is 10.6. The van der Waals surface area contributed by atoms with E-state index < -0.39 is 0 Å². The van der Waals surface area contributed by atoms with Crippen LogP contribution in [0.1, 0.15) is 11.6 Å². The maximum absolute atomic E-state index is 9.55. The molecule has 0 heterocycles. The van der Waals surface area contributed by atoms with Crippen LogP contribution in [0, 0.1) is 0 Å². The molecule has 0 aliphatic carbocycles. The molecule has 4 heteroatoms. The van der Waals surface area contributed by atoms with Crippen LogP contribution in [0.5, 0.6) is 5.75 Å². The predicted molar refractivity (Wildman–Crippen MR) is 80.6 cm³/mol. The van der Waals surface area contributed by atoms with Gasteiger partial charge in [0.25, 0.3) is 0 Å². The van der Waals surface area contributed by atoms with E-state index in [1.54, 1.807) is 7.11 Å². The first-order chi connectivity index (χ1) is 9.22. The lowest BCUT2D eigenvalue weighted by molar-refractivity contribution is 0.276. The molecule has 0 saturated heterocycles.